The minimum Gasteiger partial charge on any atom is -0.460 e. The third-order valence-corrected chi connectivity index (χ3v) is 3.67. The Hall–Kier alpha value is -2.25. The molecule has 1 aliphatic rings. The van der Waals surface area contributed by atoms with E-state index in [2.05, 4.69) is 14.9 Å². The second-order valence-corrected chi connectivity index (χ2v) is 5.13. The molecule has 2 heterocycles. The van der Waals surface area contributed by atoms with E-state index in [0.29, 0.717) is 5.56 Å². The molecule has 0 fully saturated rings. The summed E-state index contributed by atoms with van der Waals surface area (Å²) in [6.45, 7) is 3.34. The third-order valence-electron chi connectivity index (χ3n) is 3.67. The second kappa shape index (κ2) is 4.89. The summed E-state index contributed by atoms with van der Waals surface area (Å²) in [6, 6.07) is 0. The number of nitrogens with one attached hydrogen (secondary N) is 1. The molecule has 2 aromatic rings. The van der Waals surface area contributed by atoms with Gasteiger partial charge in [0.2, 0.25) is 5.76 Å². The van der Waals surface area contributed by atoms with Crippen molar-refractivity contribution in [3.05, 3.63) is 28.8 Å². The third kappa shape index (κ3) is 2.10. The maximum atomic E-state index is 13.5. The molecule has 0 spiro atoms. The van der Waals surface area contributed by atoms with Crippen LogP contribution in [0.1, 0.15) is 47.2 Å². The van der Waals surface area contributed by atoms with Crippen molar-refractivity contribution >= 4 is 5.97 Å². The van der Waals surface area contributed by atoms with E-state index >= 15 is 0 Å². The summed E-state index contributed by atoms with van der Waals surface area (Å²) in [5.74, 6) is -1.84. The Balaban J connectivity index is 2.26. The highest BCUT2D eigenvalue weighted by Gasteiger charge is 2.46. The van der Waals surface area contributed by atoms with Gasteiger partial charge in [-0.2, -0.15) is 18.3 Å². The number of aromatic amines is 1. The summed E-state index contributed by atoms with van der Waals surface area (Å²) in [7, 11) is 0. The monoisotopic (exact) mass is 314 g/mol. The molecule has 1 N–H and O–H groups in total. The van der Waals surface area contributed by atoms with Crippen LogP contribution in [0.4, 0.5) is 13.2 Å². The van der Waals surface area contributed by atoms with Gasteiger partial charge < -0.3 is 9.15 Å². The van der Waals surface area contributed by atoms with E-state index in [9.17, 15) is 18.0 Å². The molecule has 0 bridgehead atoms. The van der Waals surface area contributed by atoms with Gasteiger partial charge in [-0.05, 0) is 12.8 Å². The number of nitrogens with zero attached hydrogens (tertiary/aromatic N) is 1. The first-order chi connectivity index (χ1) is 10.3. The van der Waals surface area contributed by atoms with Crippen LogP contribution in [0, 0.1) is 0 Å². The van der Waals surface area contributed by atoms with Crippen LogP contribution in [0.15, 0.2) is 10.6 Å². The number of H-pyrrole nitrogens is 1. The summed E-state index contributed by atoms with van der Waals surface area (Å²) in [6.07, 6.45) is -2.97. The zero-order valence-electron chi connectivity index (χ0n) is 11.9. The van der Waals surface area contributed by atoms with Crippen LogP contribution < -0.4 is 0 Å². The zero-order chi connectivity index (χ0) is 16.1. The fourth-order valence-corrected chi connectivity index (χ4v) is 2.75. The van der Waals surface area contributed by atoms with Crippen LogP contribution in [-0.4, -0.2) is 22.8 Å². The number of rotatable bonds is 2. The Morgan fingerprint density at radius 1 is 1.55 bits per heavy atom. The van der Waals surface area contributed by atoms with Crippen molar-refractivity contribution in [2.75, 3.05) is 6.61 Å². The maximum Gasteiger partial charge on any atom is 0.421 e. The van der Waals surface area contributed by atoms with Crippen molar-refractivity contribution in [1.29, 1.82) is 0 Å². The molecule has 0 unspecified atom stereocenters. The van der Waals surface area contributed by atoms with Crippen LogP contribution in [0.2, 0.25) is 0 Å². The Bertz CT molecular complexity index is 730. The van der Waals surface area contributed by atoms with Crippen LogP contribution in [0.3, 0.4) is 0 Å². The molecule has 0 saturated heterocycles. The van der Waals surface area contributed by atoms with Gasteiger partial charge in [0.05, 0.1) is 24.1 Å². The number of alkyl halides is 3. The van der Waals surface area contributed by atoms with E-state index in [4.69, 9.17) is 4.42 Å². The Morgan fingerprint density at radius 3 is 2.91 bits per heavy atom. The van der Waals surface area contributed by atoms with Gasteiger partial charge >= 0.3 is 12.1 Å². The van der Waals surface area contributed by atoms with Crippen LogP contribution in [-0.2, 0) is 17.3 Å². The molecule has 0 amide bonds. The number of ether oxygens (including phenoxy) is 1. The van der Waals surface area contributed by atoms with E-state index in [1.165, 1.54) is 13.1 Å². The quantitative estimate of drug-likeness (QED) is 0.861. The summed E-state index contributed by atoms with van der Waals surface area (Å²) in [4.78, 5) is 11.8. The molecule has 0 aromatic carbocycles. The normalized spacial score (nSPS) is 17.0. The number of furan rings is 1. The number of esters is 1. The average Bonchev–Trinajstić information content (AvgIpc) is 3.01. The first-order valence-corrected chi connectivity index (χ1v) is 6.78. The van der Waals surface area contributed by atoms with Crippen molar-refractivity contribution < 1.29 is 27.1 Å². The lowest BCUT2D eigenvalue weighted by molar-refractivity contribution is -0.138. The van der Waals surface area contributed by atoms with E-state index in [1.54, 1.807) is 0 Å². The van der Waals surface area contributed by atoms with Crippen LogP contribution >= 0.6 is 0 Å². The number of halogens is 3. The first-order valence-electron chi connectivity index (χ1n) is 6.78. The number of carbonyl (C=O) groups excluding carboxylic acids is 1. The Labute approximate surface area is 123 Å². The van der Waals surface area contributed by atoms with E-state index in [-0.39, 0.29) is 36.0 Å². The smallest absolute Gasteiger partial charge is 0.421 e. The van der Waals surface area contributed by atoms with Crippen molar-refractivity contribution in [3.8, 4) is 11.3 Å². The summed E-state index contributed by atoms with van der Waals surface area (Å²) >= 11 is 0. The number of fused-ring (bicyclic) bond motifs is 3. The lowest BCUT2D eigenvalue weighted by Crippen LogP contribution is -2.15. The van der Waals surface area contributed by atoms with Gasteiger partial charge in [0, 0.05) is 12.0 Å². The van der Waals surface area contributed by atoms with Gasteiger partial charge in [-0.15, -0.1) is 0 Å². The van der Waals surface area contributed by atoms with Crippen molar-refractivity contribution in [2.24, 2.45) is 0 Å². The van der Waals surface area contributed by atoms with E-state index < -0.39 is 23.5 Å². The standard InChI is InChI=1S/C14H13F3N2O3/c1-3-21-13(20)12-10(14(15,16)17)9-8(22-12)4-6(2)7-5-18-19-11(7)9/h5-6H,3-4H2,1-2H3,(H,18,19)/t6-/m1/s1. The van der Waals surface area contributed by atoms with Crippen molar-refractivity contribution in [2.45, 2.75) is 32.4 Å². The molecule has 0 saturated carbocycles. The summed E-state index contributed by atoms with van der Waals surface area (Å²) in [5.41, 5.74) is -0.311. The molecular formula is C14H13F3N2O3. The van der Waals surface area contributed by atoms with Crippen LogP contribution in [0.5, 0.6) is 0 Å². The molecule has 118 valence electrons. The summed E-state index contributed by atoms with van der Waals surface area (Å²) in [5, 5.41) is 6.40. The minimum absolute atomic E-state index is 0.0345. The molecule has 1 aliphatic carbocycles. The van der Waals surface area contributed by atoms with Crippen LogP contribution in [0.25, 0.3) is 11.3 Å². The summed E-state index contributed by atoms with van der Waals surface area (Å²) < 4.78 is 50.3. The molecule has 8 heteroatoms. The van der Waals surface area contributed by atoms with Gasteiger partial charge in [0.25, 0.3) is 0 Å². The number of hydrogen-bond acceptors (Lipinski definition) is 4. The molecule has 22 heavy (non-hydrogen) atoms. The highest BCUT2D eigenvalue weighted by molar-refractivity contribution is 5.92. The Kier molecular flexibility index (Phi) is 3.26. The number of carbonyl (C=O) groups is 1. The fraction of sp³-hybridized carbons (Fsp3) is 0.429. The van der Waals surface area contributed by atoms with Gasteiger partial charge in [-0.3, -0.25) is 5.10 Å². The Morgan fingerprint density at radius 2 is 2.27 bits per heavy atom. The lowest BCUT2D eigenvalue weighted by Gasteiger charge is -2.18. The largest absolute Gasteiger partial charge is 0.460 e. The highest BCUT2D eigenvalue weighted by Crippen LogP contribution is 2.48. The molecule has 5 nitrogen and oxygen atoms in total. The lowest BCUT2D eigenvalue weighted by atomic mass is 9.86. The van der Waals surface area contributed by atoms with Gasteiger partial charge in [0.15, 0.2) is 0 Å². The second-order valence-electron chi connectivity index (χ2n) is 5.13. The molecule has 3 rings (SSSR count). The predicted molar refractivity (Wildman–Crippen MR) is 69.4 cm³/mol. The maximum absolute atomic E-state index is 13.5. The fourth-order valence-electron chi connectivity index (χ4n) is 2.75. The van der Waals surface area contributed by atoms with E-state index in [1.807, 2.05) is 6.92 Å². The minimum atomic E-state index is -4.73. The van der Waals surface area contributed by atoms with Gasteiger partial charge in [-0.1, -0.05) is 6.92 Å². The number of aromatic nitrogens is 2. The van der Waals surface area contributed by atoms with Crippen molar-refractivity contribution in [1.82, 2.24) is 10.2 Å². The highest BCUT2D eigenvalue weighted by atomic mass is 19.4. The van der Waals surface area contributed by atoms with Gasteiger partial charge in [0.1, 0.15) is 11.3 Å². The molecule has 2 aromatic heterocycles. The predicted octanol–water partition coefficient (Wildman–Crippen LogP) is 3.52. The molecule has 1 atom stereocenters. The first kappa shape index (κ1) is 14.7. The van der Waals surface area contributed by atoms with Gasteiger partial charge in [-0.25, -0.2) is 4.79 Å². The molecule has 0 radical (unpaired) electrons. The topological polar surface area (TPSA) is 68.1 Å². The SMILES string of the molecule is CCOC(=O)c1oc2c(c1C(F)(F)F)-c1[nH]ncc1[C@H](C)C2. The molecular weight excluding hydrogens is 301 g/mol. The molecule has 0 aliphatic heterocycles. The zero-order valence-corrected chi connectivity index (χ0v) is 11.9. The van der Waals surface area contributed by atoms with E-state index in [0.717, 1.165) is 0 Å². The number of hydrogen-bond donors (Lipinski definition) is 1. The average molecular weight is 314 g/mol. The van der Waals surface area contributed by atoms with Crippen molar-refractivity contribution in [3.63, 3.8) is 0 Å².